The Morgan fingerprint density at radius 3 is 1.72 bits per heavy atom. The Morgan fingerprint density at radius 1 is 0.721 bits per heavy atom. The van der Waals surface area contributed by atoms with Gasteiger partial charge in [0.25, 0.3) is 11.8 Å². The number of nitrogens with two attached hydrogens (primary N) is 1. The maximum absolute atomic E-state index is 13.2. The lowest BCUT2D eigenvalue weighted by atomic mass is 9.89. The summed E-state index contributed by atoms with van der Waals surface area (Å²) >= 11 is 3.31. The molecule has 14 nitrogen and oxygen atoms in total. The lowest BCUT2D eigenvalue weighted by Gasteiger charge is -2.37. The molecule has 2 aromatic carbocycles. The normalized spacial score (nSPS) is 21.3. The van der Waals surface area contributed by atoms with Crippen molar-refractivity contribution in [2.75, 3.05) is 13.1 Å². The number of aromatic amines is 2. The molecule has 0 radical (unpaired) electrons. The number of rotatable bonds is 12. The fourth-order valence-corrected chi connectivity index (χ4v) is 9.09. The second-order valence-electron chi connectivity index (χ2n) is 17.0. The first-order valence-corrected chi connectivity index (χ1v) is 23.4. The van der Waals surface area contributed by atoms with Crippen molar-refractivity contribution in [1.82, 2.24) is 45.4 Å². The van der Waals surface area contributed by atoms with Gasteiger partial charge in [-0.25, -0.2) is 9.97 Å². The summed E-state index contributed by atoms with van der Waals surface area (Å²) in [5, 5.41) is 12.5. The van der Waals surface area contributed by atoms with E-state index in [1.165, 1.54) is 25.7 Å². The molecule has 61 heavy (non-hydrogen) atoms. The molecule has 4 heterocycles. The van der Waals surface area contributed by atoms with Gasteiger partial charge in [-0.15, -0.1) is 0 Å². The molecular formula is C46H59BrN10O4. The Kier molecular flexibility index (Phi) is 14.0. The second-order valence-corrected chi connectivity index (χ2v) is 17.5. The van der Waals surface area contributed by atoms with Crippen LogP contribution in [0.25, 0.3) is 22.1 Å². The third-order valence-electron chi connectivity index (χ3n) is 12.4. The van der Waals surface area contributed by atoms with E-state index in [0.717, 1.165) is 102 Å². The highest BCUT2D eigenvalue weighted by Crippen LogP contribution is 2.40. The largest absolute Gasteiger partial charge is 0.360 e. The van der Waals surface area contributed by atoms with Gasteiger partial charge in [0, 0.05) is 61.2 Å². The molecule has 0 saturated heterocycles. The maximum atomic E-state index is 13.2. The summed E-state index contributed by atoms with van der Waals surface area (Å²) in [6.45, 7) is 6.13. The minimum absolute atomic E-state index is 0.0105. The smallest absolute Gasteiger partial charge is 0.289 e. The van der Waals surface area contributed by atoms with Crippen molar-refractivity contribution < 1.29 is 18.6 Å². The van der Waals surface area contributed by atoms with Crippen molar-refractivity contribution in [2.45, 2.75) is 139 Å². The number of H-pyrrole nitrogens is 2. The summed E-state index contributed by atoms with van der Waals surface area (Å²) in [7, 11) is 0. The van der Waals surface area contributed by atoms with Crippen LogP contribution in [0.4, 0.5) is 0 Å². The van der Waals surface area contributed by atoms with E-state index < -0.39 is 0 Å². The number of benzene rings is 2. The number of nitrogens with zero attached hydrogens (tertiary/aromatic N) is 6. The van der Waals surface area contributed by atoms with E-state index >= 15 is 0 Å². The fourth-order valence-electron chi connectivity index (χ4n) is 8.82. The zero-order valence-electron chi connectivity index (χ0n) is 35.3. The van der Waals surface area contributed by atoms with Crippen LogP contribution in [0.15, 0.2) is 69.7 Å². The first-order valence-electron chi connectivity index (χ1n) is 22.3. The number of nitrogens with one attached hydrogen (secondary N) is 3. The zero-order chi connectivity index (χ0) is 42.3. The number of para-hydroxylation sites is 4. The van der Waals surface area contributed by atoms with E-state index in [9.17, 15) is 9.59 Å². The van der Waals surface area contributed by atoms with Crippen molar-refractivity contribution in [2.24, 2.45) is 5.73 Å². The van der Waals surface area contributed by atoms with Gasteiger partial charge in [0.05, 0.1) is 45.3 Å². The van der Waals surface area contributed by atoms with Crippen LogP contribution in [0.2, 0.25) is 0 Å². The highest BCUT2D eigenvalue weighted by Gasteiger charge is 2.32. The highest BCUT2D eigenvalue weighted by atomic mass is 79.9. The lowest BCUT2D eigenvalue weighted by molar-refractivity contribution is 0.0612. The van der Waals surface area contributed by atoms with Crippen molar-refractivity contribution in [1.29, 1.82) is 0 Å². The molecule has 0 unspecified atom stereocenters. The van der Waals surface area contributed by atoms with Crippen LogP contribution in [0.5, 0.6) is 0 Å². The van der Waals surface area contributed by atoms with Crippen molar-refractivity contribution >= 4 is 49.8 Å². The third-order valence-corrected chi connectivity index (χ3v) is 13.0. The molecule has 6 aromatic rings. The molecule has 4 aromatic heterocycles. The van der Waals surface area contributed by atoms with Crippen LogP contribution >= 0.6 is 15.9 Å². The molecule has 4 fully saturated rings. The average molecular weight is 896 g/mol. The molecule has 0 bridgehead atoms. The van der Waals surface area contributed by atoms with E-state index in [1.54, 1.807) is 0 Å². The third kappa shape index (κ3) is 10.8. The number of carbonyl (C=O) groups is 2. The van der Waals surface area contributed by atoms with Gasteiger partial charge >= 0.3 is 0 Å². The van der Waals surface area contributed by atoms with Gasteiger partial charge < -0.3 is 39.9 Å². The number of hydrogen-bond acceptors (Lipinski definition) is 10. The van der Waals surface area contributed by atoms with Gasteiger partial charge in [-0.1, -0.05) is 50.5 Å². The Bertz CT molecular complexity index is 2300. The summed E-state index contributed by atoms with van der Waals surface area (Å²) in [5.41, 5.74) is 11.8. The molecule has 15 heteroatoms. The number of amides is 2. The number of aromatic nitrogens is 6. The quantitative estimate of drug-likeness (QED) is 0.0866. The first-order chi connectivity index (χ1) is 29.8. The number of hydrogen-bond donors (Lipinski definition) is 4. The highest BCUT2D eigenvalue weighted by molar-refractivity contribution is 9.08. The number of imidazole rings is 2. The van der Waals surface area contributed by atoms with E-state index in [0.29, 0.717) is 49.2 Å². The molecule has 2 amide bonds. The Hall–Kier alpha value is -4.86. The molecule has 324 valence electrons. The van der Waals surface area contributed by atoms with Crippen LogP contribution in [-0.2, 0) is 11.9 Å². The Morgan fingerprint density at radius 2 is 1.23 bits per heavy atom. The van der Waals surface area contributed by atoms with Crippen molar-refractivity contribution in [3.8, 4) is 0 Å². The SMILES string of the molecule is BrCc1cc(C2CC2)no1.CCN(C(=O)c1nc2ccccc2[nH]1)[C@H]1CCC[C@@H](N)C1.CCN(C(=O)c1nc2ccccc2[nH]1)[C@H]1CCC[C@@H](NCc2cc(C3CC3)no2)C1. The molecule has 4 atom stereocenters. The molecular weight excluding hydrogens is 836 g/mol. The average Bonchev–Trinajstić information content (AvgIpc) is 4.08. The van der Waals surface area contributed by atoms with E-state index in [-0.39, 0.29) is 29.9 Å². The van der Waals surface area contributed by atoms with Gasteiger partial charge in [-0.2, -0.15) is 0 Å². The van der Waals surface area contributed by atoms with Gasteiger partial charge in [0.2, 0.25) is 0 Å². The Labute approximate surface area is 365 Å². The van der Waals surface area contributed by atoms with Gasteiger partial charge in [0.15, 0.2) is 17.4 Å². The molecule has 0 aliphatic heterocycles. The van der Waals surface area contributed by atoms with E-state index in [2.05, 4.69) is 57.6 Å². The lowest BCUT2D eigenvalue weighted by Crippen LogP contribution is -2.47. The number of halogens is 1. The van der Waals surface area contributed by atoms with Gasteiger partial charge in [0.1, 0.15) is 5.76 Å². The topological polar surface area (TPSA) is 188 Å². The van der Waals surface area contributed by atoms with Crippen LogP contribution in [0.1, 0.15) is 147 Å². The van der Waals surface area contributed by atoms with Crippen LogP contribution in [0.3, 0.4) is 0 Å². The maximum Gasteiger partial charge on any atom is 0.289 e. The Balaban J connectivity index is 0.000000143. The summed E-state index contributed by atoms with van der Waals surface area (Å²) < 4.78 is 10.5. The summed E-state index contributed by atoms with van der Waals surface area (Å²) in [6.07, 6.45) is 13.3. The monoisotopic (exact) mass is 894 g/mol. The van der Waals surface area contributed by atoms with Crippen molar-refractivity contribution in [3.63, 3.8) is 0 Å². The predicted molar refractivity (Wildman–Crippen MR) is 238 cm³/mol. The van der Waals surface area contributed by atoms with E-state index in [4.69, 9.17) is 14.8 Å². The zero-order valence-corrected chi connectivity index (χ0v) is 36.9. The molecule has 4 aliphatic rings. The number of alkyl halides is 1. The molecule has 4 saturated carbocycles. The van der Waals surface area contributed by atoms with E-state index in [1.807, 2.05) is 78.2 Å². The van der Waals surface area contributed by atoms with Crippen LogP contribution in [-0.4, -0.2) is 89.1 Å². The molecule has 4 aliphatic carbocycles. The molecule has 0 spiro atoms. The minimum Gasteiger partial charge on any atom is -0.360 e. The standard InChI is InChI=1S/C23H29N5O2.C16H22N4O.C7H8BrNO/c1-2-28(23(29)22-25-19-8-3-4-9-20(19)26-22)17-7-5-6-16(12-17)24-14-18-13-21(27-30-18)15-10-11-15;1-2-20(12-7-5-6-11(17)10-12)16(21)15-18-13-8-3-4-9-14(13)19-15;8-4-6-3-7(9-10-6)5-1-2-5/h3-4,8-9,13,15-17,24H,2,5-7,10-12,14H2,1H3,(H,25,26);3-4,8-9,11-12H,2,5-7,10,17H2,1H3,(H,18,19);3,5H,1-2,4H2/t16-,17+;11-,12+;/m11./s1. The van der Waals surface area contributed by atoms with Gasteiger partial charge in [-0.05, 0) is 115 Å². The molecule has 5 N–H and O–H groups in total. The fraction of sp³-hybridized carbons (Fsp3) is 0.522. The van der Waals surface area contributed by atoms with Gasteiger partial charge in [-0.3, -0.25) is 9.59 Å². The number of carbonyl (C=O) groups excluding carboxylic acids is 2. The first kappa shape index (κ1) is 42.8. The minimum atomic E-state index is -0.0206. The molecule has 10 rings (SSSR count). The number of fused-ring (bicyclic) bond motifs is 2. The predicted octanol–water partition coefficient (Wildman–Crippen LogP) is 8.73. The van der Waals surface area contributed by atoms with Crippen molar-refractivity contribution in [3.05, 3.63) is 95.2 Å². The summed E-state index contributed by atoms with van der Waals surface area (Å²) in [4.78, 5) is 45.1. The second kappa shape index (κ2) is 19.9. The summed E-state index contributed by atoms with van der Waals surface area (Å²) in [6, 6.07) is 20.6. The van der Waals surface area contributed by atoms with Crippen LogP contribution < -0.4 is 11.1 Å². The van der Waals surface area contributed by atoms with Crippen LogP contribution in [0, 0.1) is 0 Å². The summed E-state index contributed by atoms with van der Waals surface area (Å²) in [5.74, 6) is 3.99.